The minimum absolute atomic E-state index is 0.151. The summed E-state index contributed by atoms with van der Waals surface area (Å²) >= 11 is 1.35. The number of aromatic carboxylic acids is 1. The monoisotopic (exact) mass is 239 g/mol. The zero-order chi connectivity index (χ0) is 12.1. The average molecular weight is 239 g/mol. The van der Waals surface area contributed by atoms with Gasteiger partial charge in [0.15, 0.2) is 0 Å². The molecule has 1 aliphatic carbocycles. The quantitative estimate of drug-likeness (QED) is 0.862. The van der Waals surface area contributed by atoms with Crippen molar-refractivity contribution in [3.05, 3.63) is 15.6 Å². The van der Waals surface area contributed by atoms with E-state index in [-0.39, 0.29) is 10.8 Å². The maximum Gasteiger partial charge on any atom is 0.347 e. The zero-order valence-corrected chi connectivity index (χ0v) is 10.9. The Hall–Kier alpha value is -0.900. The van der Waals surface area contributed by atoms with Crippen LogP contribution in [0.5, 0.6) is 0 Å². The highest BCUT2D eigenvalue weighted by Crippen LogP contribution is 2.50. The standard InChI is InChI=1S/C12H17NO2S/c1-11(2,3)8-7(9(14)15)16-10(13-8)12(4)5-6-12/h5-6H2,1-4H3,(H,14,15). The van der Waals surface area contributed by atoms with Gasteiger partial charge in [0.1, 0.15) is 4.88 Å². The second kappa shape index (κ2) is 3.29. The fourth-order valence-corrected chi connectivity index (χ4v) is 2.95. The Morgan fingerprint density at radius 3 is 2.31 bits per heavy atom. The van der Waals surface area contributed by atoms with Crippen LogP contribution in [-0.4, -0.2) is 16.1 Å². The Bertz CT molecular complexity index is 438. The van der Waals surface area contributed by atoms with Crippen molar-refractivity contribution in [2.75, 3.05) is 0 Å². The topological polar surface area (TPSA) is 50.2 Å². The van der Waals surface area contributed by atoms with Crippen LogP contribution in [0, 0.1) is 0 Å². The van der Waals surface area contributed by atoms with E-state index in [1.807, 2.05) is 20.8 Å². The van der Waals surface area contributed by atoms with Gasteiger partial charge in [-0.25, -0.2) is 9.78 Å². The van der Waals surface area contributed by atoms with Crippen molar-refractivity contribution in [3.63, 3.8) is 0 Å². The molecule has 0 bridgehead atoms. The first-order valence-corrected chi connectivity index (χ1v) is 6.31. The molecule has 0 unspecified atom stereocenters. The lowest BCUT2D eigenvalue weighted by molar-refractivity contribution is 0.0699. The molecule has 0 atom stereocenters. The van der Waals surface area contributed by atoms with Gasteiger partial charge in [0.05, 0.1) is 10.7 Å². The lowest BCUT2D eigenvalue weighted by Gasteiger charge is -2.16. The van der Waals surface area contributed by atoms with Crippen LogP contribution in [0.4, 0.5) is 0 Å². The largest absolute Gasteiger partial charge is 0.477 e. The van der Waals surface area contributed by atoms with E-state index in [1.54, 1.807) is 0 Å². The lowest BCUT2D eigenvalue weighted by Crippen LogP contribution is -2.16. The normalized spacial score (nSPS) is 18.5. The molecule has 1 heterocycles. The molecule has 0 saturated heterocycles. The van der Waals surface area contributed by atoms with Crippen LogP contribution in [0.3, 0.4) is 0 Å². The molecule has 1 fully saturated rings. The fraction of sp³-hybridized carbons (Fsp3) is 0.667. The minimum atomic E-state index is -0.849. The molecular weight excluding hydrogens is 222 g/mol. The first-order chi connectivity index (χ1) is 7.24. The summed E-state index contributed by atoms with van der Waals surface area (Å²) in [6, 6.07) is 0. The van der Waals surface area contributed by atoms with Crippen molar-refractivity contribution in [2.24, 2.45) is 0 Å². The van der Waals surface area contributed by atoms with E-state index in [4.69, 9.17) is 0 Å². The van der Waals surface area contributed by atoms with Gasteiger partial charge in [0.2, 0.25) is 0 Å². The molecule has 4 heteroatoms. The van der Waals surface area contributed by atoms with Gasteiger partial charge in [-0.15, -0.1) is 11.3 Å². The second-order valence-electron chi connectivity index (χ2n) is 5.81. The van der Waals surface area contributed by atoms with Crippen LogP contribution in [0.15, 0.2) is 0 Å². The number of carboxylic acid groups (broad SMARTS) is 1. The van der Waals surface area contributed by atoms with Crippen LogP contribution in [0.25, 0.3) is 0 Å². The molecule has 2 rings (SSSR count). The number of aromatic nitrogens is 1. The maximum atomic E-state index is 11.2. The summed E-state index contributed by atoms with van der Waals surface area (Å²) in [7, 11) is 0. The van der Waals surface area contributed by atoms with E-state index in [0.717, 1.165) is 23.5 Å². The van der Waals surface area contributed by atoms with Crippen LogP contribution in [0.2, 0.25) is 0 Å². The summed E-state index contributed by atoms with van der Waals surface area (Å²) < 4.78 is 0. The van der Waals surface area contributed by atoms with Crippen LogP contribution >= 0.6 is 11.3 Å². The van der Waals surface area contributed by atoms with Gasteiger partial charge >= 0.3 is 5.97 Å². The minimum Gasteiger partial charge on any atom is -0.477 e. The van der Waals surface area contributed by atoms with E-state index in [9.17, 15) is 9.90 Å². The molecule has 0 aliphatic heterocycles. The predicted molar refractivity (Wildman–Crippen MR) is 64.4 cm³/mol. The predicted octanol–water partition coefficient (Wildman–Crippen LogP) is 3.19. The molecule has 1 saturated carbocycles. The first kappa shape index (κ1) is 11.6. The number of carboxylic acids is 1. The van der Waals surface area contributed by atoms with E-state index in [2.05, 4.69) is 11.9 Å². The molecule has 16 heavy (non-hydrogen) atoms. The molecule has 0 radical (unpaired) electrons. The number of rotatable bonds is 2. The van der Waals surface area contributed by atoms with Gasteiger partial charge in [-0.3, -0.25) is 0 Å². The van der Waals surface area contributed by atoms with Crippen LogP contribution < -0.4 is 0 Å². The summed E-state index contributed by atoms with van der Waals surface area (Å²) in [5, 5.41) is 10.2. The van der Waals surface area contributed by atoms with Crippen molar-refractivity contribution in [1.29, 1.82) is 0 Å². The Morgan fingerprint density at radius 1 is 1.44 bits per heavy atom. The van der Waals surface area contributed by atoms with Gasteiger partial charge in [-0.1, -0.05) is 27.7 Å². The Kier molecular flexibility index (Phi) is 2.38. The summed E-state index contributed by atoms with van der Waals surface area (Å²) in [6.45, 7) is 8.18. The third kappa shape index (κ3) is 1.86. The number of nitrogens with zero attached hydrogens (tertiary/aromatic N) is 1. The molecule has 0 spiro atoms. The smallest absolute Gasteiger partial charge is 0.347 e. The summed E-state index contributed by atoms with van der Waals surface area (Å²) in [6.07, 6.45) is 2.26. The van der Waals surface area contributed by atoms with Crippen LogP contribution in [-0.2, 0) is 10.8 Å². The highest BCUT2D eigenvalue weighted by Gasteiger charge is 2.43. The summed E-state index contributed by atoms with van der Waals surface area (Å²) in [4.78, 5) is 16.2. The van der Waals surface area contributed by atoms with Crippen molar-refractivity contribution in [2.45, 2.75) is 51.4 Å². The van der Waals surface area contributed by atoms with Crippen molar-refractivity contribution < 1.29 is 9.90 Å². The van der Waals surface area contributed by atoms with Gasteiger partial charge in [-0.2, -0.15) is 0 Å². The highest BCUT2D eigenvalue weighted by molar-refractivity contribution is 7.13. The third-order valence-electron chi connectivity index (χ3n) is 3.05. The summed E-state index contributed by atoms with van der Waals surface area (Å²) in [5.74, 6) is -0.849. The van der Waals surface area contributed by atoms with E-state index >= 15 is 0 Å². The molecule has 1 aromatic rings. The van der Waals surface area contributed by atoms with Crippen molar-refractivity contribution >= 4 is 17.3 Å². The fourth-order valence-electron chi connectivity index (χ4n) is 1.63. The molecule has 0 amide bonds. The number of thiazole rings is 1. The van der Waals surface area contributed by atoms with Crippen molar-refractivity contribution in [1.82, 2.24) is 4.98 Å². The van der Waals surface area contributed by atoms with Gasteiger partial charge in [0, 0.05) is 10.8 Å². The Morgan fingerprint density at radius 2 is 2.00 bits per heavy atom. The van der Waals surface area contributed by atoms with Crippen LogP contribution in [0.1, 0.15) is 60.9 Å². The maximum absolute atomic E-state index is 11.2. The molecule has 3 nitrogen and oxygen atoms in total. The number of hydrogen-bond acceptors (Lipinski definition) is 3. The van der Waals surface area contributed by atoms with E-state index < -0.39 is 5.97 Å². The Balaban J connectivity index is 2.51. The van der Waals surface area contributed by atoms with Crippen molar-refractivity contribution in [3.8, 4) is 0 Å². The SMILES string of the molecule is CC(C)(C)c1nc(C2(C)CC2)sc1C(=O)O. The van der Waals surface area contributed by atoms with Gasteiger partial charge in [0.25, 0.3) is 0 Å². The third-order valence-corrected chi connectivity index (χ3v) is 4.40. The Labute approximate surface area is 99.5 Å². The molecule has 88 valence electrons. The molecule has 1 N–H and O–H groups in total. The van der Waals surface area contributed by atoms with Gasteiger partial charge < -0.3 is 5.11 Å². The average Bonchev–Trinajstić information content (AvgIpc) is 2.73. The highest BCUT2D eigenvalue weighted by atomic mass is 32.1. The first-order valence-electron chi connectivity index (χ1n) is 5.49. The lowest BCUT2D eigenvalue weighted by atomic mass is 9.91. The number of carbonyl (C=O) groups is 1. The molecule has 0 aromatic carbocycles. The van der Waals surface area contributed by atoms with E-state index in [1.165, 1.54) is 11.3 Å². The van der Waals surface area contributed by atoms with Gasteiger partial charge in [-0.05, 0) is 12.8 Å². The number of hydrogen-bond donors (Lipinski definition) is 1. The van der Waals surface area contributed by atoms with E-state index in [0.29, 0.717) is 4.88 Å². The zero-order valence-electron chi connectivity index (χ0n) is 10.1. The molecule has 1 aromatic heterocycles. The summed E-state index contributed by atoms with van der Waals surface area (Å²) in [5.41, 5.74) is 0.680. The second-order valence-corrected chi connectivity index (χ2v) is 6.81. The molecule has 1 aliphatic rings. The molecular formula is C12H17NO2S.